The number of fused-ring (bicyclic) bond motifs is 1. The van der Waals surface area contributed by atoms with Crippen molar-refractivity contribution in [3.63, 3.8) is 0 Å². The van der Waals surface area contributed by atoms with Crippen LogP contribution in [-0.4, -0.2) is 63.4 Å². The standard InChI is InChI=1S/C26H35N3O5.C3H7N/c1-5-33-16-19-13-23(31-3)25(24(14-19)32-4)21-7-6-8-22-26(20(17-30-2)28-29(21)22)27-15-18-9-11-34-12-10-18;4-3-1-2-3/h6-8,13-14,18,27H,5,9-12,15-17H2,1-4H3;3H,1-2,4H2. The smallest absolute Gasteiger partial charge is 0.132 e. The Kier molecular flexibility index (Phi) is 10.2. The fourth-order valence-corrected chi connectivity index (χ4v) is 4.55. The normalized spacial score (nSPS) is 15.7. The molecule has 1 saturated heterocycles. The van der Waals surface area contributed by atoms with Gasteiger partial charge in [-0.25, -0.2) is 4.52 Å². The Morgan fingerprint density at radius 3 is 2.29 bits per heavy atom. The predicted molar refractivity (Wildman–Crippen MR) is 149 cm³/mol. The molecule has 0 atom stereocenters. The number of hydrogen-bond donors (Lipinski definition) is 2. The lowest BCUT2D eigenvalue weighted by Crippen LogP contribution is -2.22. The van der Waals surface area contributed by atoms with Crippen molar-refractivity contribution >= 4 is 11.2 Å². The molecule has 5 rings (SSSR count). The van der Waals surface area contributed by atoms with Crippen molar-refractivity contribution in [3.8, 4) is 22.8 Å². The van der Waals surface area contributed by atoms with Crippen LogP contribution in [0.2, 0.25) is 0 Å². The van der Waals surface area contributed by atoms with E-state index in [4.69, 9.17) is 34.5 Å². The van der Waals surface area contributed by atoms with Crippen molar-refractivity contribution in [1.29, 1.82) is 0 Å². The molecule has 9 nitrogen and oxygen atoms in total. The molecule has 0 spiro atoms. The number of pyridine rings is 1. The number of aromatic nitrogens is 2. The average Bonchev–Trinajstić information content (AvgIpc) is 3.66. The number of benzene rings is 1. The largest absolute Gasteiger partial charge is 0.496 e. The van der Waals surface area contributed by atoms with E-state index in [1.807, 2.05) is 35.7 Å². The third-order valence-electron chi connectivity index (χ3n) is 6.84. The van der Waals surface area contributed by atoms with Gasteiger partial charge < -0.3 is 34.7 Å². The summed E-state index contributed by atoms with van der Waals surface area (Å²) in [5.74, 6) is 2.00. The van der Waals surface area contributed by atoms with Crippen LogP contribution in [0.15, 0.2) is 30.3 Å². The summed E-state index contributed by atoms with van der Waals surface area (Å²) in [7, 11) is 5.03. The summed E-state index contributed by atoms with van der Waals surface area (Å²) < 4.78 is 30.1. The van der Waals surface area contributed by atoms with Crippen molar-refractivity contribution in [3.05, 3.63) is 41.6 Å². The SMILES string of the molecule is CCOCc1cc(OC)c(-c2cccc3c(NCC4CCOCC4)c(COC)nn23)c(OC)c1.NC1CC1. The van der Waals surface area contributed by atoms with Gasteiger partial charge in [0.25, 0.3) is 0 Å². The molecular weight excluding hydrogens is 484 g/mol. The van der Waals surface area contributed by atoms with Gasteiger partial charge in [-0.05, 0) is 68.4 Å². The average molecular weight is 527 g/mol. The highest BCUT2D eigenvalue weighted by atomic mass is 16.5. The van der Waals surface area contributed by atoms with Crippen molar-refractivity contribution < 1.29 is 23.7 Å². The van der Waals surface area contributed by atoms with E-state index in [0.29, 0.717) is 43.3 Å². The van der Waals surface area contributed by atoms with E-state index in [-0.39, 0.29) is 0 Å². The molecule has 38 heavy (non-hydrogen) atoms. The second-order valence-corrected chi connectivity index (χ2v) is 9.75. The fourth-order valence-electron chi connectivity index (χ4n) is 4.55. The zero-order valence-corrected chi connectivity index (χ0v) is 23.1. The van der Waals surface area contributed by atoms with Gasteiger partial charge in [0.05, 0.1) is 49.9 Å². The fraction of sp³-hybridized carbons (Fsp3) is 0.552. The number of nitrogens with zero attached hydrogens (tertiary/aromatic N) is 2. The van der Waals surface area contributed by atoms with Crippen molar-refractivity contribution in [1.82, 2.24) is 9.61 Å². The first-order chi connectivity index (χ1) is 18.6. The zero-order valence-electron chi connectivity index (χ0n) is 23.1. The molecule has 1 saturated carbocycles. The number of ether oxygens (including phenoxy) is 5. The maximum Gasteiger partial charge on any atom is 0.132 e. The Balaban J connectivity index is 0.000000768. The second kappa shape index (κ2) is 13.8. The van der Waals surface area contributed by atoms with Gasteiger partial charge in [0, 0.05) is 39.5 Å². The van der Waals surface area contributed by atoms with Gasteiger partial charge in [0.1, 0.15) is 17.2 Å². The third-order valence-corrected chi connectivity index (χ3v) is 6.84. The van der Waals surface area contributed by atoms with Crippen molar-refractivity contribution in [2.45, 2.75) is 51.9 Å². The molecule has 1 aromatic carbocycles. The minimum atomic E-state index is 0.415. The maximum atomic E-state index is 5.79. The Morgan fingerprint density at radius 1 is 1.03 bits per heavy atom. The molecule has 0 unspecified atom stereocenters. The molecule has 1 aliphatic heterocycles. The van der Waals surface area contributed by atoms with Crippen LogP contribution in [0.5, 0.6) is 11.5 Å². The third kappa shape index (κ3) is 6.96. The maximum absolute atomic E-state index is 5.79. The van der Waals surface area contributed by atoms with E-state index in [9.17, 15) is 0 Å². The number of nitrogens with one attached hydrogen (secondary N) is 1. The van der Waals surface area contributed by atoms with Crippen LogP contribution in [0.1, 0.15) is 43.9 Å². The Bertz CT molecular complexity index is 1150. The van der Waals surface area contributed by atoms with Crippen LogP contribution in [0.3, 0.4) is 0 Å². The monoisotopic (exact) mass is 526 g/mol. The van der Waals surface area contributed by atoms with Crippen LogP contribution in [0, 0.1) is 5.92 Å². The van der Waals surface area contributed by atoms with Crippen LogP contribution in [0.4, 0.5) is 5.69 Å². The number of anilines is 1. The summed E-state index contributed by atoms with van der Waals surface area (Å²) in [5, 5.41) is 8.60. The molecule has 1 aliphatic carbocycles. The van der Waals surface area contributed by atoms with Gasteiger partial charge in [0.2, 0.25) is 0 Å². The van der Waals surface area contributed by atoms with Gasteiger partial charge in [-0.2, -0.15) is 5.10 Å². The molecule has 0 radical (unpaired) electrons. The molecule has 0 amide bonds. The summed E-state index contributed by atoms with van der Waals surface area (Å²) in [4.78, 5) is 0. The molecule has 3 N–H and O–H groups in total. The van der Waals surface area contributed by atoms with E-state index in [0.717, 1.165) is 66.3 Å². The summed E-state index contributed by atoms with van der Waals surface area (Å²) >= 11 is 0. The lowest BCUT2D eigenvalue weighted by molar-refractivity contribution is 0.0699. The van der Waals surface area contributed by atoms with E-state index < -0.39 is 0 Å². The first kappa shape index (κ1) is 28.2. The van der Waals surface area contributed by atoms with E-state index in [2.05, 4.69) is 11.4 Å². The lowest BCUT2D eigenvalue weighted by atomic mass is 10.0. The van der Waals surface area contributed by atoms with Gasteiger partial charge >= 0.3 is 0 Å². The second-order valence-electron chi connectivity index (χ2n) is 9.75. The first-order valence-corrected chi connectivity index (χ1v) is 13.5. The van der Waals surface area contributed by atoms with E-state index >= 15 is 0 Å². The molecule has 2 aliphatic rings. The van der Waals surface area contributed by atoms with Gasteiger partial charge in [-0.3, -0.25) is 0 Å². The predicted octanol–water partition coefficient (Wildman–Crippen LogP) is 4.65. The molecule has 0 bridgehead atoms. The quantitative estimate of drug-likeness (QED) is 0.372. The summed E-state index contributed by atoms with van der Waals surface area (Å²) in [5.41, 5.74) is 10.8. The number of rotatable bonds is 11. The number of nitrogens with two attached hydrogens (primary N) is 1. The minimum absolute atomic E-state index is 0.415. The van der Waals surface area contributed by atoms with Crippen LogP contribution in [-0.2, 0) is 27.4 Å². The van der Waals surface area contributed by atoms with Crippen LogP contribution in [0.25, 0.3) is 16.8 Å². The molecule has 3 aromatic rings. The lowest BCUT2D eigenvalue weighted by Gasteiger charge is -2.22. The molecule has 3 heterocycles. The van der Waals surface area contributed by atoms with Gasteiger partial charge in [-0.1, -0.05) is 6.07 Å². The zero-order chi connectivity index (χ0) is 26.9. The van der Waals surface area contributed by atoms with Crippen molar-refractivity contribution in [2.24, 2.45) is 11.7 Å². The minimum Gasteiger partial charge on any atom is -0.496 e. The first-order valence-electron chi connectivity index (χ1n) is 13.5. The van der Waals surface area contributed by atoms with Gasteiger partial charge in [0.15, 0.2) is 0 Å². The molecular formula is C29H42N4O5. The molecule has 9 heteroatoms. The highest BCUT2D eigenvalue weighted by molar-refractivity contribution is 5.82. The highest BCUT2D eigenvalue weighted by Gasteiger charge is 2.22. The Labute approximate surface area is 225 Å². The van der Waals surface area contributed by atoms with E-state index in [1.54, 1.807) is 21.3 Å². The summed E-state index contributed by atoms with van der Waals surface area (Å²) in [6, 6.07) is 10.7. The Morgan fingerprint density at radius 2 is 1.71 bits per heavy atom. The van der Waals surface area contributed by atoms with Gasteiger partial charge in [-0.15, -0.1) is 0 Å². The highest BCUT2D eigenvalue weighted by Crippen LogP contribution is 2.41. The van der Waals surface area contributed by atoms with E-state index in [1.165, 1.54) is 12.8 Å². The molecule has 208 valence electrons. The number of hydrogen-bond acceptors (Lipinski definition) is 8. The number of methoxy groups -OCH3 is 3. The molecule has 2 fully saturated rings. The van der Waals surface area contributed by atoms with Crippen LogP contribution < -0.4 is 20.5 Å². The Hall–Kier alpha value is -2.85. The molecule has 2 aromatic heterocycles. The summed E-state index contributed by atoms with van der Waals surface area (Å²) in [6.07, 6.45) is 4.67. The van der Waals surface area contributed by atoms with Crippen molar-refractivity contribution in [2.75, 3.05) is 53.0 Å². The van der Waals surface area contributed by atoms with Crippen LogP contribution >= 0.6 is 0 Å². The summed E-state index contributed by atoms with van der Waals surface area (Å²) in [6.45, 7) is 6.07. The topological polar surface area (TPSA) is 102 Å².